The van der Waals surface area contributed by atoms with Crippen molar-refractivity contribution < 1.29 is 14.2 Å². The minimum absolute atomic E-state index is 0.136. The fourth-order valence-corrected chi connectivity index (χ4v) is 4.09. The molecule has 162 valence electrons. The van der Waals surface area contributed by atoms with Crippen molar-refractivity contribution in [3.8, 4) is 17.2 Å². The number of benzene rings is 3. The molecule has 0 radical (unpaired) electrons. The lowest BCUT2D eigenvalue weighted by Crippen LogP contribution is -2.30. The molecule has 1 N–H and O–H groups in total. The molecule has 1 atom stereocenters. The number of rotatable bonds is 9. The summed E-state index contributed by atoms with van der Waals surface area (Å²) in [6.07, 6.45) is 1.89. The van der Waals surface area contributed by atoms with Crippen LogP contribution in [0.4, 0.5) is 0 Å². The van der Waals surface area contributed by atoms with E-state index in [9.17, 15) is 0 Å². The van der Waals surface area contributed by atoms with Gasteiger partial charge in [0, 0.05) is 13.0 Å². The molecular weight excluding hydrogens is 386 g/mol. The van der Waals surface area contributed by atoms with Gasteiger partial charge in [0.1, 0.15) is 5.75 Å². The van der Waals surface area contributed by atoms with Gasteiger partial charge in [-0.25, -0.2) is 0 Å². The Kier molecular flexibility index (Phi) is 7.11. The second-order valence-electron chi connectivity index (χ2n) is 7.65. The van der Waals surface area contributed by atoms with Crippen LogP contribution in [0, 0.1) is 0 Å². The highest BCUT2D eigenvalue weighted by molar-refractivity contribution is 5.52. The minimum Gasteiger partial charge on any atom is -0.493 e. The summed E-state index contributed by atoms with van der Waals surface area (Å²) in [6.45, 7) is 6.86. The lowest BCUT2D eigenvalue weighted by atomic mass is 9.89. The second-order valence-corrected chi connectivity index (χ2v) is 7.65. The van der Waals surface area contributed by atoms with E-state index in [1.165, 1.54) is 22.3 Å². The van der Waals surface area contributed by atoms with Crippen LogP contribution in [-0.4, -0.2) is 26.4 Å². The molecule has 3 aromatic rings. The first-order valence-electron chi connectivity index (χ1n) is 11.2. The Morgan fingerprint density at radius 3 is 2.26 bits per heavy atom. The van der Waals surface area contributed by atoms with E-state index in [0.717, 1.165) is 36.6 Å². The molecule has 4 rings (SSSR count). The number of hydrogen-bond acceptors (Lipinski definition) is 4. The van der Waals surface area contributed by atoms with Gasteiger partial charge in [-0.3, -0.25) is 0 Å². The molecule has 4 nitrogen and oxygen atoms in total. The Balaban J connectivity index is 1.48. The average Bonchev–Trinajstić information content (AvgIpc) is 2.81. The zero-order valence-electron chi connectivity index (χ0n) is 18.4. The smallest absolute Gasteiger partial charge is 0.161 e. The van der Waals surface area contributed by atoms with Gasteiger partial charge in [-0.05, 0) is 66.8 Å². The third-order valence-corrected chi connectivity index (χ3v) is 5.57. The van der Waals surface area contributed by atoms with Gasteiger partial charge in [0.15, 0.2) is 11.5 Å². The molecule has 1 heterocycles. The molecular formula is C27H31NO3. The van der Waals surface area contributed by atoms with Gasteiger partial charge in [-0.2, -0.15) is 0 Å². The monoisotopic (exact) mass is 417 g/mol. The Morgan fingerprint density at radius 2 is 1.55 bits per heavy atom. The predicted octanol–water partition coefficient (Wildman–Crippen LogP) is 5.34. The van der Waals surface area contributed by atoms with Gasteiger partial charge in [0.2, 0.25) is 0 Å². The SMILES string of the molecule is CCOc1cc2c(cc1OCC)C(c1ccc(OCCc3ccccc3)cc1)NCC2. The van der Waals surface area contributed by atoms with Crippen LogP contribution in [0.15, 0.2) is 66.7 Å². The lowest BCUT2D eigenvalue weighted by Gasteiger charge is -2.29. The number of ether oxygens (including phenoxy) is 3. The molecule has 1 unspecified atom stereocenters. The van der Waals surface area contributed by atoms with Crippen LogP contribution in [0.2, 0.25) is 0 Å². The van der Waals surface area contributed by atoms with E-state index >= 15 is 0 Å². The molecule has 0 amide bonds. The van der Waals surface area contributed by atoms with Gasteiger partial charge in [0.25, 0.3) is 0 Å². The zero-order chi connectivity index (χ0) is 21.5. The van der Waals surface area contributed by atoms with E-state index in [2.05, 4.69) is 66.0 Å². The summed E-state index contributed by atoms with van der Waals surface area (Å²) in [5.74, 6) is 2.56. The summed E-state index contributed by atoms with van der Waals surface area (Å²) in [7, 11) is 0. The maximum Gasteiger partial charge on any atom is 0.161 e. The van der Waals surface area contributed by atoms with Crippen LogP contribution in [0.1, 0.15) is 42.1 Å². The topological polar surface area (TPSA) is 39.7 Å². The molecule has 1 aliphatic heterocycles. The summed E-state index contributed by atoms with van der Waals surface area (Å²) in [5.41, 5.74) is 5.09. The molecule has 4 heteroatoms. The fourth-order valence-electron chi connectivity index (χ4n) is 4.09. The molecule has 0 spiro atoms. The van der Waals surface area contributed by atoms with Crippen LogP contribution < -0.4 is 19.5 Å². The average molecular weight is 418 g/mol. The lowest BCUT2D eigenvalue weighted by molar-refractivity contribution is 0.286. The molecule has 0 aromatic heterocycles. The van der Waals surface area contributed by atoms with E-state index < -0.39 is 0 Å². The largest absolute Gasteiger partial charge is 0.493 e. The number of hydrogen-bond donors (Lipinski definition) is 1. The molecule has 0 bridgehead atoms. The standard InChI is InChI=1S/C27H31NO3/c1-3-29-25-18-22-14-16-28-27(24(22)19-26(25)30-4-2)21-10-12-23(13-11-21)31-17-15-20-8-6-5-7-9-20/h5-13,18-19,27-28H,3-4,14-17H2,1-2H3. The number of fused-ring (bicyclic) bond motifs is 1. The summed E-state index contributed by atoms with van der Waals surface area (Å²) < 4.78 is 17.6. The molecule has 3 aromatic carbocycles. The summed E-state index contributed by atoms with van der Waals surface area (Å²) >= 11 is 0. The zero-order valence-corrected chi connectivity index (χ0v) is 18.4. The molecule has 31 heavy (non-hydrogen) atoms. The van der Waals surface area contributed by atoms with Crippen LogP contribution >= 0.6 is 0 Å². The molecule has 0 saturated carbocycles. The second kappa shape index (κ2) is 10.4. The highest BCUT2D eigenvalue weighted by Gasteiger charge is 2.24. The van der Waals surface area contributed by atoms with Crippen molar-refractivity contribution in [1.29, 1.82) is 0 Å². The third kappa shape index (κ3) is 5.20. The Morgan fingerprint density at radius 1 is 0.839 bits per heavy atom. The maximum absolute atomic E-state index is 5.96. The van der Waals surface area contributed by atoms with Crippen LogP contribution in [0.5, 0.6) is 17.2 Å². The Bertz CT molecular complexity index is 970. The van der Waals surface area contributed by atoms with E-state index in [1.807, 2.05) is 19.9 Å². The quantitative estimate of drug-likeness (QED) is 0.510. The Hall–Kier alpha value is -2.98. The first-order valence-corrected chi connectivity index (χ1v) is 11.2. The van der Waals surface area contributed by atoms with E-state index in [4.69, 9.17) is 14.2 Å². The molecule has 0 saturated heterocycles. The summed E-state index contributed by atoms with van der Waals surface area (Å²) in [4.78, 5) is 0. The summed E-state index contributed by atoms with van der Waals surface area (Å²) in [5, 5.41) is 3.66. The van der Waals surface area contributed by atoms with Crippen molar-refractivity contribution >= 4 is 0 Å². The predicted molar refractivity (Wildman–Crippen MR) is 124 cm³/mol. The number of nitrogens with one attached hydrogen (secondary N) is 1. The third-order valence-electron chi connectivity index (χ3n) is 5.57. The van der Waals surface area contributed by atoms with Gasteiger partial charge >= 0.3 is 0 Å². The first-order chi connectivity index (χ1) is 15.3. The van der Waals surface area contributed by atoms with E-state index in [-0.39, 0.29) is 6.04 Å². The van der Waals surface area contributed by atoms with E-state index in [0.29, 0.717) is 19.8 Å². The Labute approximate surface area is 185 Å². The highest BCUT2D eigenvalue weighted by atomic mass is 16.5. The minimum atomic E-state index is 0.136. The summed E-state index contributed by atoms with van der Waals surface area (Å²) in [6, 6.07) is 23.3. The maximum atomic E-state index is 5.96. The van der Waals surface area contributed by atoms with Crippen molar-refractivity contribution in [3.05, 3.63) is 89.0 Å². The first kappa shape index (κ1) is 21.3. The molecule has 0 fully saturated rings. The van der Waals surface area contributed by atoms with E-state index in [1.54, 1.807) is 0 Å². The van der Waals surface area contributed by atoms with Crippen LogP contribution in [-0.2, 0) is 12.8 Å². The normalized spacial score (nSPS) is 15.2. The van der Waals surface area contributed by atoms with Crippen molar-refractivity contribution in [2.24, 2.45) is 0 Å². The fraction of sp³-hybridized carbons (Fsp3) is 0.333. The van der Waals surface area contributed by atoms with Gasteiger partial charge in [-0.15, -0.1) is 0 Å². The molecule has 0 aliphatic carbocycles. The highest BCUT2D eigenvalue weighted by Crippen LogP contribution is 2.38. The van der Waals surface area contributed by atoms with Gasteiger partial charge < -0.3 is 19.5 Å². The van der Waals surface area contributed by atoms with Gasteiger partial charge in [0.05, 0.1) is 25.9 Å². The van der Waals surface area contributed by atoms with Crippen molar-refractivity contribution in [2.75, 3.05) is 26.4 Å². The van der Waals surface area contributed by atoms with Crippen LogP contribution in [0.25, 0.3) is 0 Å². The van der Waals surface area contributed by atoms with Crippen molar-refractivity contribution in [3.63, 3.8) is 0 Å². The van der Waals surface area contributed by atoms with Crippen LogP contribution in [0.3, 0.4) is 0 Å². The van der Waals surface area contributed by atoms with Crippen molar-refractivity contribution in [2.45, 2.75) is 32.7 Å². The van der Waals surface area contributed by atoms with Gasteiger partial charge in [-0.1, -0.05) is 42.5 Å². The molecule has 1 aliphatic rings. The van der Waals surface area contributed by atoms with Crippen molar-refractivity contribution in [1.82, 2.24) is 5.32 Å².